The SMILES string of the molecule is CC(C)C[S-].CCC[CH2][Sn+]([CH2]CCC)[CH2]CCC. The van der Waals surface area contributed by atoms with Crippen molar-refractivity contribution in [2.75, 3.05) is 5.75 Å². The van der Waals surface area contributed by atoms with Crippen molar-refractivity contribution in [3.8, 4) is 0 Å². The van der Waals surface area contributed by atoms with Gasteiger partial charge in [0.2, 0.25) is 0 Å². The predicted octanol–water partition coefficient (Wildman–Crippen LogP) is 6.07. The first-order valence-electron chi connectivity index (χ1n) is 8.03. The molecule has 0 aliphatic rings. The molecule has 0 heterocycles. The second-order valence-electron chi connectivity index (χ2n) is 5.62. The molecule has 0 saturated carbocycles. The molecule has 0 N–H and O–H groups in total. The Labute approximate surface area is 130 Å². The molecule has 0 amide bonds. The number of rotatable bonds is 10. The maximum absolute atomic E-state index is 4.68. The van der Waals surface area contributed by atoms with Gasteiger partial charge in [-0.2, -0.15) is 5.75 Å². The van der Waals surface area contributed by atoms with E-state index in [0.717, 1.165) is 5.75 Å². The van der Waals surface area contributed by atoms with E-state index in [-0.39, 0.29) is 0 Å². The molecule has 0 aromatic heterocycles. The van der Waals surface area contributed by atoms with E-state index < -0.39 is 19.8 Å². The van der Waals surface area contributed by atoms with Crippen LogP contribution in [0.3, 0.4) is 0 Å². The Bertz CT molecular complexity index is 118. The van der Waals surface area contributed by atoms with Gasteiger partial charge >= 0.3 is 92.4 Å². The zero-order valence-corrected chi connectivity index (χ0v) is 17.2. The minimum atomic E-state index is -0.839. The van der Waals surface area contributed by atoms with Crippen LogP contribution >= 0.6 is 0 Å². The summed E-state index contributed by atoms with van der Waals surface area (Å²) in [5, 5.41) is 0. The number of unbranched alkanes of at least 4 members (excludes halogenated alkanes) is 3. The third-order valence-electron chi connectivity index (χ3n) is 2.98. The van der Waals surface area contributed by atoms with E-state index in [1.165, 1.54) is 38.5 Å². The molecule has 0 rings (SSSR count). The van der Waals surface area contributed by atoms with Gasteiger partial charge in [-0.1, -0.05) is 19.8 Å². The summed E-state index contributed by atoms with van der Waals surface area (Å²) in [5.41, 5.74) is 0. The number of hydrogen-bond acceptors (Lipinski definition) is 1. The molecule has 0 nitrogen and oxygen atoms in total. The van der Waals surface area contributed by atoms with Gasteiger partial charge in [-0.15, -0.1) is 0 Å². The summed E-state index contributed by atoms with van der Waals surface area (Å²) in [6.07, 6.45) is 8.85. The van der Waals surface area contributed by atoms with Crippen LogP contribution in [-0.2, 0) is 12.6 Å². The summed E-state index contributed by atoms with van der Waals surface area (Å²) < 4.78 is 5.04. The molecule has 0 aromatic rings. The Morgan fingerprint density at radius 1 is 0.778 bits per heavy atom. The average molecular weight is 379 g/mol. The molecule has 0 atom stereocenters. The summed E-state index contributed by atoms with van der Waals surface area (Å²) >= 11 is 3.84. The standard InChI is InChI=1S/C4H10S.3C4H9.Sn/c1-4(2)3-5;3*1-3-4-2;/h4-5H,3H2,1-2H3;3*1,3-4H2,2H3;/q;;;;+1/p-1. The van der Waals surface area contributed by atoms with E-state index in [1.807, 2.05) is 0 Å². The Morgan fingerprint density at radius 3 is 1.22 bits per heavy atom. The molecule has 0 aliphatic carbocycles. The Hall–Kier alpha value is 1.15. The molecule has 2 heteroatoms. The predicted molar refractivity (Wildman–Crippen MR) is 92.0 cm³/mol. The molecule has 0 aromatic carbocycles. The molecule has 18 heavy (non-hydrogen) atoms. The molecule has 0 fully saturated rings. The van der Waals surface area contributed by atoms with Crippen LogP contribution in [0.25, 0.3) is 0 Å². The maximum atomic E-state index is 4.68. The van der Waals surface area contributed by atoms with Crippen LogP contribution in [0, 0.1) is 5.92 Å². The van der Waals surface area contributed by atoms with Gasteiger partial charge in [0.15, 0.2) is 0 Å². The first kappa shape index (κ1) is 21.4. The van der Waals surface area contributed by atoms with Crippen molar-refractivity contribution in [2.45, 2.75) is 86.5 Å². The van der Waals surface area contributed by atoms with Crippen LogP contribution in [0.2, 0.25) is 13.3 Å². The molecule has 0 radical (unpaired) electrons. The Kier molecular flexibility index (Phi) is 21.6. The van der Waals surface area contributed by atoms with Gasteiger partial charge in [0.25, 0.3) is 0 Å². The van der Waals surface area contributed by atoms with E-state index >= 15 is 0 Å². The van der Waals surface area contributed by atoms with Crippen molar-refractivity contribution in [1.82, 2.24) is 0 Å². The first-order chi connectivity index (χ1) is 8.62. The van der Waals surface area contributed by atoms with Crippen molar-refractivity contribution >= 4 is 32.4 Å². The van der Waals surface area contributed by atoms with Crippen LogP contribution in [0.15, 0.2) is 0 Å². The zero-order valence-electron chi connectivity index (χ0n) is 13.6. The van der Waals surface area contributed by atoms with E-state index in [1.54, 1.807) is 13.3 Å². The van der Waals surface area contributed by atoms with E-state index in [4.69, 9.17) is 0 Å². The van der Waals surface area contributed by atoms with Gasteiger partial charge in [-0.3, -0.25) is 0 Å². The normalized spacial score (nSPS) is 10.2. The fourth-order valence-electron chi connectivity index (χ4n) is 1.66. The van der Waals surface area contributed by atoms with Crippen molar-refractivity contribution in [3.63, 3.8) is 0 Å². The minimum absolute atomic E-state index is 0.699. The zero-order chi connectivity index (χ0) is 14.2. The number of hydrogen-bond donors (Lipinski definition) is 0. The fraction of sp³-hybridized carbons (Fsp3) is 1.00. The van der Waals surface area contributed by atoms with Gasteiger partial charge in [-0.05, 0) is 0 Å². The second kappa shape index (κ2) is 18.1. The Morgan fingerprint density at radius 2 is 1.06 bits per heavy atom. The summed E-state index contributed by atoms with van der Waals surface area (Å²) in [7, 11) is 0. The molecular formula is C16H36SSn. The van der Waals surface area contributed by atoms with Crippen molar-refractivity contribution in [2.24, 2.45) is 5.92 Å². The van der Waals surface area contributed by atoms with Gasteiger partial charge in [0.05, 0.1) is 0 Å². The summed E-state index contributed by atoms with van der Waals surface area (Å²) in [5.74, 6) is 1.59. The van der Waals surface area contributed by atoms with E-state index in [0.29, 0.717) is 5.92 Å². The van der Waals surface area contributed by atoms with Crippen LogP contribution in [-0.4, -0.2) is 25.5 Å². The molecular weight excluding hydrogens is 343 g/mol. The topological polar surface area (TPSA) is 0 Å². The van der Waals surface area contributed by atoms with E-state index in [2.05, 4.69) is 47.2 Å². The molecule has 0 saturated heterocycles. The fourth-order valence-corrected chi connectivity index (χ4v) is 11.1. The average Bonchev–Trinajstić information content (AvgIpc) is 2.38. The third-order valence-corrected chi connectivity index (χ3v) is 12.7. The Balaban J connectivity index is 0. The van der Waals surface area contributed by atoms with Gasteiger partial charge in [0.1, 0.15) is 0 Å². The molecule has 0 spiro atoms. The molecule has 0 unspecified atom stereocenters. The summed E-state index contributed by atoms with van der Waals surface area (Å²) in [6.45, 7) is 11.2. The van der Waals surface area contributed by atoms with Crippen LogP contribution < -0.4 is 0 Å². The van der Waals surface area contributed by atoms with Crippen molar-refractivity contribution < 1.29 is 0 Å². The van der Waals surface area contributed by atoms with E-state index in [9.17, 15) is 0 Å². The first-order valence-corrected chi connectivity index (χ1v) is 14.7. The van der Waals surface area contributed by atoms with Gasteiger partial charge < -0.3 is 12.6 Å². The van der Waals surface area contributed by atoms with Gasteiger partial charge in [-0.25, -0.2) is 0 Å². The third kappa shape index (κ3) is 19.5. The van der Waals surface area contributed by atoms with Crippen LogP contribution in [0.4, 0.5) is 0 Å². The molecule has 110 valence electrons. The van der Waals surface area contributed by atoms with Crippen molar-refractivity contribution in [3.05, 3.63) is 0 Å². The van der Waals surface area contributed by atoms with Gasteiger partial charge in [0, 0.05) is 0 Å². The molecule has 0 aliphatic heterocycles. The monoisotopic (exact) mass is 380 g/mol. The quantitative estimate of drug-likeness (QED) is 0.328. The second-order valence-corrected chi connectivity index (χ2v) is 14.5. The van der Waals surface area contributed by atoms with Crippen molar-refractivity contribution in [1.29, 1.82) is 0 Å². The van der Waals surface area contributed by atoms with Crippen LogP contribution in [0.5, 0.6) is 0 Å². The van der Waals surface area contributed by atoms with Crippen LogP contribution in [0.1, 0.15) is 73.1 Å². The summed E-state index contributed by atoms with van der Waals surface area (Å²) in [4.78, 5) is 0. The summed E-state index contributed by atoms with van der Waals surface area (Å²) in [6, 6.07) is 0. The molecule has 0 bridgehead atoms.